The van der Waals surface area contributed by atoms with Crippen LogP contribution in [0.2, 0.25) is 0 Å². The van der Waals surface area contributed by atoms with Crippen LogP contribution < -0.4 is 4.74 Å². The van der Waals surface area contributed by atoms with E-state index in [1.165, 1.54) is 18.2 Å². The Kier molecular flexibility index (Phi) is 7.65. The monoisotopic (exact) mass is 490 g/mol. The van der Waals surface area contributed by atoms with Crippen molar-refractivity contribution in [1.82, 2.24) is 0 Å². The van der Waals surface area contributed by atoms with Gasteiger partial charge in [0.05, 0.1) is 4.90 Å². The summed E-state index contributed by atoms with van der Waals surface area (Å²) in [5.41, 5.74) is 1.65. The van der Waals surface area contributed by atoms with Crippen molar-refractivity contribution in [2.24, 2.45) is 0 Å². The fourth-order valence-electron chi connectivity index (χ4n) is 3.20. The van der Waals surface area contributed by atoms with E-state index in [0.29, 0.717) is 17.9 Å². The van der Waals surface area contributed by atoms with Gasteiger partial charge >= 0.3 is 5.97 Å². The topological polar surface area (TPSA) is 101 Å². The Morgan fingerprint density at radius 3 is 2.27 bits per heavy atom. The molecule has 0 amide bonds. The number of ether oxygens (including phenoxy) is 1. The van der Waals surface area contributed by atoms with E-state index >= 15 is 0 Å². The van der Waals surface area contributed by atoms with Crippen LogP contribution >= 0.6 is 11.8 Å². The van der Waals surface area contributed by atoms with Crippen LogP contribution in [-0.2, 0) is 14.6 Å². The number of thioether (sulfide) groups is 1. The van der Waals surface area contributed by atoms with Crippen LogP contribution in [0.15, 0.2) is 69.3 Å². The van der Waals surface area contributed by atoms with Gasteiger partial charge in [-0.25, -0.2) is 12.8 Å². The quantitative estimate of drug-likeness (QED) is 0.224. The number of benzene rings is 3. The van der Waals surface area contributed by atoms with Gasteiger partial charge < -0.3 is 14.9 Å². The van der Waals surface area contributed by atoms with E-state index in [9.17, 15) is 22.7 Å². The largest absolute Gasteiger partial charge is 0.507 e. The first-order valence-electron chi connectivity index (χ1n) is 10.1. The maximum Gasteiger partial charge on any atom is 0.303 e. The number of carboxylic acid groups (broad SMARTS) is 1. The zero-order valence-electron chi connectivity index (χ0n) is 18.0. The van der Waals surface area contributed by atoms with Crippen LogP contribution in [0.3, 0.4) is 0 Å². The maximum absolute atomic E-state index is 13.2. The molecular formula is C24H23FO6S2. The number of phenolic OH excluding ortho intramolecular Hbond substituents is 1. The lowest BCUT2D eigenvalue weighted by molar-refractivity contribution is -0.137. The van der Waals surface area contributed by atoms with Crippen molar-refractivity contribution < 1.29 is 32.6 Å². The number of aryl methyl sites for hydroxylation is 2. The molecule has 0 saturated carbocycles. The van der Waals surface area contributed by atoms with Gasteiger partial charge in [0, 0.05) is 17.4 Å². The van der Waals surface area contributed by atoms with Crippen molar-refractivity contribution in [3.63, 3.8) is 0 Å². The van der Waals surface area contributed by atoms with Gasteiger partial charge in [0.25, 0.3) is 0 Å². The molecule has 3 aromatic carbocycles. The smallest absolute Gasteiger partial charge is 0.303 e. The molecule has 2 N–H and O–H groups in total. The fourth-order valence-corrected chi connectivity index (χ4v) is 5.61. The number of hydrogen-bond acceptors (Lipinski definition) is 6. The minimum Gasteiger partial charge on any atom is -0.507 e. The summed E-state index contributed by atoms with van der Waals surface area (Å²) in [7, 11) is -4.09. The zero-order chi connectivity index (χ0) is 24.2. The molecule has 0 aromatic heterocycles. The van der Waals surface area contributed by atoms with E-state index in [2.05, 4.69) is 0 Å². The van der Waals surface area contributed by atoms with Crippen LogP contribution in [-0.4, -0.2) is 30.4 Å². The molecule has 0 aliphatic carbocycles. The summed E-state index contributed by atoms with van der Waals surface area (Å²) in [6.07, 6.45) is 0.686. The fraction of sp³-hybridized carbons (Fsp3) is 0.208. The van der Waals surface area contributed by atoms with Gasteiger partial charge in [0.1, 0.15) is 28.0 Å². The molecule has 3 rings (SSSR count). The third-order valence-corrected chi connectivity index (χ3v) is 7.66. The van der Waals surface area contributed by atoms with E-state index in [0.717, 1.165) is 40.3 Å². The van der Waals surface area contributed by atoms with Crippen LogP contribution in [0.25, 0.3) is 0 Å². The molecule has 174 valence electrons. The molecule has 0 aliphatic rings. The van der Waals surface area contributed by atoms with E-state index in [1.54, 1.807) is 11.8 Å². The molecule has 0 heterocycles. The molecule has 0 aliphatic heterocycles. The molecule has 0 radical (unpaired) electrons. The zero-order valence-corrected chi connectivity index (χ0v) is 19.7. The number of aliphatic carboxylic acids is 1. The highest BCUT2D eigenvalue weighted by atomic mass is 32.2. The molecule has 0 atom stereocenters. The summed E-state index contributed by atoms with van der Waals surface area (Å²) in [6, 6.07) is 12.1. The second kappa shape index (κ2) is 10.3. The Morgan fingerprint density at radius 1 is 1.03 bits per heavy atom. The lowest BCUT2D eigenvalue weighted by Crippen LogP contribution is -2.03. The van der Waals surface area contributed by atoms with E-state index in [4.69, 9.17) is 9.84 Å². The van der Waals surface area contributed by atoms with Gasteiger partial charge in [-0.15, -0.1) is 11.8 Å². The van der Waals surface area contributed by atoms with E-state index < -0.39 is 27.4 Å². The molecule has 3 aromatic rings. The number of phenols is 1. The highest BCUT2D eigenvalue weighted by Gasteiger charge is 2.23. The standard InChI is InChI=1S/C24H23FO6S2/c1-15-12-19(32-11-3-4-23(27)28)13-16(2)24(15)31-18-7-10-21(26)22(14-18)33(29,30)20-8-5-17(25)6-9-20/h5-10,12-14,26H,3-4,11H2,1-2H3,(H,27,28). The molecular weight excluding hydrogens is 467 g/mol. The van der Waals surface area contributed by atoms with Crippen LogP contribution in [0, 0.1) is 19.7 Å². The van der Waals surface area contributed by atoms with Crippen LogP contribution in [0.1, 0.15) is 24.0 Å². The predicted octanol–water partition coefficient (Wildman–Crippen LogP) is 5.73. The predicted molar refractivity (Wildman–Crippen MR) is 124 cm³/mol. The lowest BCUT2D eigenvalue weighted by Gasteiger charge is -2.15. The normalized spacial score (nSPS) is 11.4. The molecule has 0 fully saturated rings. The highest BCUT2D eigenvalue weighted by Crippen LogP contribution is 2.37. The SMILES string of the molecule is Cc1cc(SCCCC(=O)O)cc(C)c1Oc1ccc(O)c(S(=O)(=O)c2ccc(F)cc2)c1. The number of rotatable bonds is 9. The third kappa shape index (κ3) is 6.06. The van der Waals surface area contributed by atoms with Gasteiger partial charge in [-0.1, -0.05) is 0 Å². The third-order valence-electron chi connectivity index (χ3n) is 4.80. The van der Waals surface area contributed by atoms with Crippen molar-refractivity contribution in [2.75, 3.05) is 5.75 Å². The summed E-state index contributed by atoms with van der Waals surface area (Å²) in [6.45, 7) is 3.72. The van der Waals surface area contributed by atoms with Crippen LogP contribution in [0.5, 0.6) is 17.2 Å². The van der Waals surface area contributed by atoms with E-state index in [1.807, 2.05) is 26.0 Å². The Labute approximate surface area is 196 Å². The highest BCUT2D eigenvalue weighted by molar-refractivity contribution is 7.99. The molecule has 9 heteroatoms. The molecule has 0 saturated heterocycles. The summed E-state index contributed by atoms with van der Waals surface area (Å²) in [5.74, 6) is -0.366. The first-order chi connectivity index (χ1) is 15.6. The summed E-state index contributed by atoms with van der Waals surface area (Å²) in [5, 5.41) is 18.9. The second-order valence-electron chi connectivity index (χ2n) is 7.42. The second-order valence-corrected chi connectivity index (χ2v) is 10.5. The minimum atomic E-state index is -4.09. The van der Waals surface area contributed by atoms with Gasteiger partial charge in [-0.2, -0.15) is 0 Å². The number of halogens is 1. The number of carbonyl (C=O) groups is 1. The van der Waals surface area contributed by atoms with Gasteiger partial charge in [0.15, 0.2) is 0 Å². The first kappa shape index (κ1) is 24.6. The summed E-state index contributed by atoms with van der Waals surface area (Å²) >= 11 is 1.55. The molecule has 0 unspecified atom stereocenters. The maximum atomic E-state index is 13.2. The first-order valence-corrected chi connectivity index (χ1v) is 12.5. The van der Waals surface area contributed by atoms with Crippen molar-refractivity contribution in [2.45, 2.75) is 41.4 Å². The van der Waals surface area contributed by atoms with Gasteiger partial charge in [0.2, 0.25) is 9.84 Å². The number of hydrogen-bond donors (Lipinski definition) is 2. The van der Waals surface area contributed by atoms with Crippen molar-refractivity contribution in [1.29, 1.82) is 0 Å². The number of sulfone groups is 1. The average Bonchev–Trinajstić information content (AvgIpc) is 2.75. The van der Waals surface area contributed by atoms with Crippen molar-refractivity contribution in [3.05, 3.63) is 71.5 Å². The van der Waals surface area contributed by atoms with Crippen LogP contribution in [0.4, 0.5) is 4.39 Å². The van der Waals surface area contributed by atoms with Crippen molar-refractivity contribution >= 4 is 27.6 Å². The molecule has 33 heavy (non-hydrogen) atoms. The Morgan fingerprint density at radius 2 is 1.67 bits per heavy atom. The van der Waals surface area contributed by atoms with E-state index in [-0.39, 0.29) is 22.0 Å². The van der Waals surface area contributed by atoms with Gasteiger partial charge in [-0.05, 0) is 85.7 Å². The Balaban J connectivity index is 1.84. The average molecular weight is 491 g/mol. The minimum absolute atomic E-state index is 0.121. The number of aromatic hydroxyl groups is 1. The Bertz CT molecular complexity index is 1250. The van der Waals surface area contributed by atoms with Gasteiger partial charge in [-0.3, -0.25) is 4.79 Å². The molecule has 6 nitrogen and oxygen atoms in total. The Hall–Kier alpha value is -3.04. The molecule has 0 spiro atoms. The number of carboxylic acids is 1. The molecule has 0 bridgehead atoms. The lowest BCUT2D eigenvalue weighted by atomic mass is 10.1. The summed E-state index contributed by atoms with van der Waals surface area (Å²) in [4.78, 5) is 11.1. The summed E-state index contributed by atoms with van der Waals surface area (Å²) < 4.78 is 45.0. The van der Waals surface area contributed by atoms with Crippen molar-refractivity contribution in [3.8, 4) is 17.2 Å².